The SMILES string of the molecule is CCCC(=O)N1c2cc(CN3CCC(CCC(C)C(=O)O)CC3)ccc2Sc2nccnc21. The second-order valence-corrected chi connectivity index (χ2v) is 10.1. The largest absolute Gasteiger partial charge is 0.481 e. The molecule has 33 heavy (non-hydrogen) atoms. The maximum absolute atomic E-state index is 13.0. The summed E-state index contributed by atoms with van der Waals surface area (Å²) in [5, 5.41) is 9.86. The van der Waals surface area contributed by atoms with Crippen LogP contribution in [0.25, 0.3) is 0 Å². The molecule has 176 valence electrons. The van der Waals surface area contributed by atoms with Crippen molar-refractivity contribution in [2.45, 2.75) is 68.8 Å². The molecule has 7 nitrogen and oxygen atoms in total. The summed E-state index contributed by atoms with van der Waals surface area (Å²) in [6, 6.07) is 6.38. The van der Waals surface area contributed by atoms with Gasteiger partial charge in [-0.2, -0.15) is 0 Å². The van der Waals surface area contributed by atoms with Crippen molar-refractivity contribution in [2.75, 3.05) is 18.0 Å². The molecule has 1 aromatic heterocycles. The number of hydrogen-bond donors (Lipinski definition) is 1. The summed E-state index contributed by atoms with van der Waals surface area (Å²) in [5.41, 5.74) is 2.09. The predicted molar refractivity (Wildman–Crippen MR) is 129 cm³/mol. The van der Waals surface area contributed by atoms with Crippen LogP contribution in [0.3, 0.4) is 0 Å². The molecule has 1 atom stereocenters. The molecule has 0 radical (unpaired) electrons. The van der Waals surface area contributed by atoms with Gasteiger partial charge in [0.05, 0.1) is 11.6 Å². The monoisotopic (exact) mass is 468 g/mol. The molecular formula is C25H32N4O3S. The first kappa shape index (κ1) is 23.7. The average molecular weight is 469 g/mol. The molecule has 1 saturated heterocycles. The molecular weight excluding hydrogens is 436 g/mol. The Morgan fingerprint density at radius 2 is 1.97 bits per heavy atom. The van der Waals surface area contributed by atoms with Crippen molar-refractivity contribution >= 4 is 35.1 Å². The fraction of sp³-hybridized carbons (Fsp3) is 0.520. The minimum absolute atomic E-state index is 0.0503. The lowest BCUT2D eigenvalue weighted by molar-refractivity contribution is -0.141. The standard InChI is InChI=1S/C25H32N4O3S/c1-3-4-22(30)29-20-15-19(7-8-21(20)33-24-23(29)26-11-12-27-24)16-28-13-9-18(10-14-28)6-5-17(2)25(31)32/h7-8,11-12,15,17-18H,3-6,9-10,13-14,16H2,1-2H3,(H,31,32). The van der Waals surface area contributed by atoms with Gasteiger partial charge in [0.1, 0.15) is 5.03 Å². The van der Waals surface area contributed by atoms with E-state index in [0.717, 1.165) is 67.3 Å². The van der Waals surface area contributed by atoms with Crippen molar-refractivity contribution in [3.63, 3.8) is 0 Å². The molecule has 1 aromatic carbocycles. The van der Waals surface area contributed by atoms with E-state index in [1.807, 2.05) is 6.92 Å². The Labute approximate surface area is 199 Å². The van der Waals surface area contributed by atoms with Gasteiger partial charge in [-0.05, 0) is 68.8 Å². The second kappa shape index (κ2) is 10.7. The normalized spacial score (nSPS) is 17.3. The lowest BCUT2D eigenvalue weighted by Gasteiger charge is -2.33. The Morgan fingerprint density at radius 3 is 2.70 bits per heavy atom. The van der Waals surface area contributed by atoms with Gasteiger partial charge >= 0.3 is 5.97 Å². The summed E-state index contributed by atoms with van der Waals surface area (Å²) in [5.74, 6) is 0.333. The van der Waals surface area contributed by atoms with Gasteiger partial charge in [0.2, 0.25) is 5.91 Å². The molecule has 0 bridgehead atoms. The Bertz CT molecular complexity index is 1010. The maximum Gasteiger partial charge on any atom is 0.306 e. The summed E-state index contributed by atoms with van der Waals surface area (Å²) in [4.78, 5) is 38.2. The molecule has 2 aliphatic rings. The molecule has 2 aromatic rings. The van der Waals surface area contributed by atoms with Gasteiger partial charge in [-0.3, -0.25) is 19.4 Å². The van der Waals surface area contributed by atoms with Crippen molar-refractivity contribution in [3.05, 3.63) is 36.2 Å². The van der Waals surface area contributed by atoms with Crippen molar-refractivity contribution in [2.24, 2.45) is 11.8 Å². The van der Waals surface area contributed by atoms with Crippen LogP contribution >= 0.6 is 11.8 Å². The number of aliphatic carboxylic acids is 1. The summed E-state index contributed by atoms with van der Waals surface area (Å²) in [6.45, 7) is 6.69. The van der Waals surface area contributed by atoms with Gasteiger partial charge in [-0.15, -0.1) is 0 Å². The fourth-order valence-electron chi connectivity index (χ4n) is 4.56. The number of fused-ring (bicyclic) bond motifs is 2. The number of anilines is 2. The summed E-state index contributed by atoms with van der Waals surface area (Å²) in [7, 11) is 0. The van der Waals surface area contributed by atoms with E-state index in [-0.39, 0.29) is 11.8 Å². The van der Waals surface area contributed by atoms with E-state index < -0.39 is 5.97 Å². The van der Waals surface area contributed by atoms with Crippen LogP contribution in [0.15, 0.2) is 40.5 Å². The Kier molecular flexibility index (Phi) is 7.65. The zero-order valence-corrected chi connectivity index (χ0v) is 20.2. The zero-order valence-electron chi connectivity index (χ0n) is 19.4. The average Bonchev–Trinajstić information content (AvgIpc) is 2.82. The third-order valence-electron chi connectivity index (χ3n) is 6.59. The molecule has 2 aliphatic heterocycles. The van der Waals surface area contributed by atoms with E-state index in [1.54, 1.807) is 36.0 Å². The van der Waals surface area contributed by atoms with E-state index >= 15 is 0 Å². The van der Waals surface area contributed by atoms with Crippen LogP contribution in [0.1, 0.15) is 57.9 Å². The first-order chi connectivity index (χ1) is 16.0. The highest BCUT2D eigenvalue weighted by Gasteiger charge is 2.30. The molecule has 8 heteroatoms. The zero-order chi connectivity index (χ0) is 23.4. The summed E-state index contributed by atoms with van der Waals surface area (Å²) in [6.07, 6.45) is 8.53. The molecule has 1 amide bonds. The van der Waals surface area contributed by atoms with Gasteiger partial charge in [0.25, 0.3) is 0 Å². The first-order valence-corrected chi connectivity index (χ1v) is 12.7. The minimum atomic E-state index is -0.696. The molecule has 1 fully saturated rings. The number of rotatable bonds is 8. The molecule has 4 rings (SSSR count). The van der Waals surface area contributed by atoms with Gasteiger partial charge in [-0.1, -0.05) is 31.7 Å². The van der Waals surface area contributed by atoms with Crippen LogP contribution in [0.2, 0.25) is 0 Å². The van der Waals surface area contributed by atoms with Gasteiger partial charge < -0.3 is 5.11 Å². The van der Waals surface area contributed by atoms with E-state index in [9.17, 15) is 9.59 Å². The van der Waals surface area contributed by atoms with Gasteiger partial charge in [0, 0.05) is 30.3 Å². The van der Waals surface area contributed by atoms with Crippen LogP contribution in [-0.2, 0) is 16.1 Å². The number of hydrogen-bond acceptors (Lipinski definition) is 6. The number of carboxylic acids is 1. The molecule has 1 N–H and O–H groups in total. The highest BCUT2D eigenvalue weighted by Crippen LogP contribution is 2.46. The molecule has 3 heterocycles. The number of likely N-dealkylation sites (tertiary alicyclic amines) is 1. The number of aromatic nitrogens is 2. The quantitative estimate of drug-likeness (QED) is 0.575. The number of carbonyl (C=O) groups excluding carboxylic acids is 1. The number of carboxylic acid groups (broad SMARTS) is 1. The van der Waals surface area contributed by atoms with Crippen molar-refractivity contribution in [3.8, 4) is 0 Å². The molecule has 1 unspecified atom stereocenters. The highest BCUT2D eigenvalue weighted by atomic mass is 32.2. The lowest BCUT2D eigenvalue weighted by atomic mass is 9.89. The van der Waals surface area contributed by atoms with E-state index in [0.29, 0.717) is 18.2 Å². The Balaban J connectivity index is 1.43. The number of piperidine rings is 1. The van der Waals surface area contributed by atoms with Gasteiger partial charge in [-0.25, -0.2) is 9.97 Å². The van der Waals surface area contributed by atoms with Crippen LogP contribution in [0.4, 0.5) is 11.5 Å². The second-order valence-electron chi connectivity index (χ2n) is 9.10. The molecule has 0 saturated carbocycles. The van der Waals surface area contributed by atoms with Crippen LogP contribution in [0, 0.1) is 11.8 Å². The number of amides is 1. The number of benzene rings is 1. The first-order valence-electron chi connectivity index (χ1n) is 11.9. The van der Waals surface area contributed by atoms with Crippen LogP contribution < -0.4 is 4.90 Å². The third-order valence-corrected chi connectivity index (χ3v) is 7.63. The number of nitrogens with zero attached hydrogens (tertiary/aromatic N) is 4. The van der Waals surface area contributed by atoms with Gasteiger partial charge in [0.15, 0.2) is 5.82 Å². The van der Waals surface area contributed by atoms with Crippen molar-refractivity contribution in [1.29, 1.82) is 0 Å². The Morgan fingerprint density at radius 1 is 1.21 bits per heavy atom. The van der Waals surface area contributed by atoms with E-state index in [4.69, 9.17) is 5.11 Å². The van der Waals surface area contributed by atoms with Crippen molar-refractivity contribution < 1.29 is 14.7 Å². The van der Waals surface area contributed by atoms with Crippen molar-refractivity contribution in [1.82, 2.24) is 14.9 Å². The summed E-state index contributed by atoms with van der Waals surface area (Å²) >= 11 is 1.56. The lowest BCUT2D eigenvalue weighted by Crippen LogP contribution is -2.33. The van der Waals surface area contributed by atoms with Crippen LogP contribution in [-0.4, -0.2) is 44.9 Å². The summed E-state index contributed by atoms with van der Waals surface area (Å²) < 4.78 is 0. The predicted octanol–water partition coefficient (Wildman–Crippen LogP) is 5.12. The molecule has 0 spiro atoms. The number of carbonyl (C=O) groups is 2. The topological polar surface area (TPSA) is 86.6 Å². The van der Waals surface area contributed by atoms with E-state index in [2.05, 4.69) is 33.1 Å². The maximum atomic E-state index is 13.0. The van der Waals surface area contributed by atoms with Crippen LogP contribution in [0.5, 0.6) is 0 Å². The molecule has 0 aliphatic carbocycles. The third kappa shape index (κ3) is 5.55. The Hall–Kier alpha value is -2.45. The smallest absolute Gasteiger partial charge is 0.306 e. The highest BCUT2D eigenvalue weighted by molar-refractivity contribution is 7.99. The minimum Gasteiger partial charge on any atom is -0.481 e. The van der Waals surface area contributed by atoms with E-state index in [1.165, 1.54) is 5.56 Å². The fourth-order valence-corrected chi connectivity index (χ4v) is 5.51.